The average Bonchev–Trinajstić information content (AvgIpc) is 2.41. The van der Waals surface area contributed by atoms with Crippen molar-refractivity contribution in [3.63, 3.8) is 0 Å². The second-order valence-corrected chi connectivity index (χ2v) is 2.71. The summed E-state index contributed by atoms with van der Waals surface area (Å²) in [5, 5.41) is 6.88. The third-order valence-electron chi connectivity index (χ3n) is 1.99. The lowest BCUT2D eigenvalue weighted by atomic mass is 10.4. The summed E-state index contributed by atoms with van der Waals surface area (Å²) in [4.78, 5) is 4.28. The number of rotatable bonds is 0. The summed E-state index contributed by atoms with van der Waals surface area (Å²) in [7, 11) is 0. The molecule has 0 spiro atoms. The van der Waals surface area contributed by atoms with Crippen LogP contribution in [0.2, 0.25) is 0 Å². The molecule has 0 bridgehead atoms. The van der Waals surface area contributed by atoms with Gasteiger partial charge in [-0.15, -0.1) is 0 Å². The predicted molar refractivity (Wildman–Crippen MR) is 41.5 cm³/mol. The first-order valence-electron chi connectivity index (χ1n) is 3.57. The van der Waals surface area contributed by atoms with Crippen LogP contribution in [0.25, 0.3) is 5.78 Å². The molecule has 1 N–H and O–H groups in total. The number of nitrogens with one attached hydrogen (secondary N) is 1. The first-order valence-corrected chi connectivity index (χ1v) is 3.57. The summed E-state index contributed by atoms with van der Waals surface area (Å²) >= 11 is 0. The second-order valence-electron chi connectivity index (χ2n) is 2.71. The molecular formula is C7H10N4. The van der Waals surface area contributed by atoms with Gasteiger partial charge in [0.05, 0.1) is 5.69 Å². The van der Waals surface area contributed by atoms with Crippen LogP contribution in [0.3, 0.4) is 0 Å². The normalized spacial score (nSPS) is 11.2. The molecule has 0 saturated heterocycles. The van der Waals surface area contributed by atoms with Crippen molar-refractivity contribution in [3.8, 4) is 0 Å². The van der Waals surface area contributed by atoms with Gasteiger partial charge in [0.15, 0.2) is 0 Å². The average molecular weight is 150 g/mol. The highest BCUT2D eigenvalue weighted by Gasteiger charge is 2.07. The Labute approximate surface area is 64.3 Å². The molecule has 0 aliphatic heterocycles. The zero-order valence-electron chi connectivity index (χ0n) is 6.84. The van der Waals surface area contributed by atoms with Crippen molar-refractivity contribution in [2.75, 3.05) is 0 Å². The Balaban J connectivity index is 2.95. The fourth-order valence-corrected chi connectivity index (χ4v) is 1.26. The summed E-state index contributed by atoms with van der Waals surface area (Å²) in [6.07, 6.45) is 0. The number of aryl methyl sites for hydroxylation is 3. The van der Waals surface area contributed by atoms with Crippen molar-refractivity contribution in [1.29, 1.82) is 0 Å². The summed E-state index contributed by atoms with van der Waals surface area (Å²) in [5.41, 5.74) is 2.22. The van der Waals surface area contributed by atoms with Gasteiger partial charge in [0.25, 0.3) is 0 Å². The van der Waals surface area contributed by atoms with E-state index in [1.807, 2.05) is 25.2 Å². The van der Waals surface area contributed by atoms with E-state index in [0.29, 0.717) is 0 Å². The SMILES string of the molecule is Cc1nc2[nH]nc(C)n2c1C. The Morgan fingerprint density at radius 1 is 1.27 bits per heavy atom. The van der Waals surface area contributed by atoms with Crippen LogP contribution >= 0.6 is 0 Å². The van der Waals surface area contributed by atoms with Gasteiger partial charge in [0.2, 0.25) is 5.78 Å². The number of imidazole rings is 1. The molecule has 2 aromatic rings. The van der Waals surface area contributed by atoms with Crippen LogP contribution in [-0.2, 0) is 0 Å². The summed E-state index contributed by atoms with van der Waals surface area (Å²) in [6, 6.07) is 0. The highest BCUT2D eigenvalue weighted by molar-refractivity contribution is 5.34. The van der Waals surface area contributed by atoms with Crippen LogP contribution in [0, 0.1) is 20.8 Å². The van der Waals surface area contributed by atoms with E-state index >= 15 is 0 Å². The highest BCUT2D eigenvalue weighted by Crippen LogP contribution is 2.09. The number of hydrogen-bond donors (Lipinski definition) is 1. The lowest BCUT2D eigenvalue weighted by Gasteiger charge is -1.90. The third kappa shape index (κ3) is 0.691. The number of hydrogen-bond acceptors (Lipinski definition) is 2. The molecule has 4 nitrogen and oxygen atoms in total. The van der Waals surface area contributed by atoms with E-state index in [0.717, 1.165) is 23.0 Å². The van der Waals surface area contributed by atoms with E-state index in [1.54, 1.807) is 0 Å². The molecule has 0 aliphatic rings. The minimum absolute atomic E-state index is 0.831. The fourth-order valence-electron chi connectivity index (χ4n) is 1.26. The van der Waals surface area contributed by atoms with Crippen LogP contribution in [-0.4, -0.2) is 19.6 Å². The maximum Gasteiger partial charge on any atom is 0.229 e. The Bertz CT molecular complexity index is 396. The molecule has 0 aromatic carbocycles. The van der Waals surface area contributed by atoms with E-state index < -0.39 is 0 Å². The van der Waals surface area contributed by atoms with Gasteiger partial charge >= 0.3 is 0 Å². The van der Waals surface area contributed by atoms with E-state index in [1.165, 1.54) is 0 Å². The predicted octanol–water partition coefficient (Wildman–Crippen LogP) is 0.983. The molecule has 0 unspecified atom stereocenters. The molecule has 2 rings (SSSR count). The quantitative estimate of drug-likeness (QED) is 0.608. The topological polar surface area (TPSA) is 46.0 Å². The lowest BCUT2D eigenvalue weighted by Crippen LogP contribution is -1.88. The number of aromatic nitrogens is 4. The molecule has 2 heterocycles. The highest BCUT2D eigenvalue weighted by atomic mass is 15.3. The number of aromatic amines is 1. The van der Waals surface area contributed by atoms with Crippen molar-refractivity contribution in [3.05, 3.63) is 17.2 Å². The molecule has 58 valence electrons. The number of H-pyrrole nitrogens is 1. The summed E-state index contributed by atoms with van der Waals surface area (Å²) in [6.45, 7) is 5.99. The largest absolute Gasteiger partial charge is 0.268 e. The molecule has 2 aromatic heterocycles. The summed E-state index contributed by atoms with van der Waals surface area (Å²) in [5.74, 6) is 1.79. The van der Waals surface area contributed by atoms with Gasteiger partial charge in [-0.3, -0.25) is 4.40 Å². The van der Waals surface area contributed by atoms with Gasteiger partial charge in [-0.2, -0.15) is 5.10 Å². The Kier molecular flexibility index (Phi) is 1.07. The van der Waals surface area contributed by atoms with E-state index in [2.05, 4.69) is 15.2 Å². The van der Waals surface area contributed by atoms with Crippen LogP contribution in [0.5, 0.6) is 0 Å². The van der Waals surface area contributed by atoms with Crippen molar-refractivity contribution in [2.24, 2.45) is 0 Å². The fraction of sp³-hybridized carbons (Fsp3) is 0.429. The van der Waals surface area contributed by atoms with Crippen molar-refractivity contribution < 1.29 is 0 Å². The van der Waals surface area contributed by atoms with Gasteiger partial charge in [-0.25, -0.2) is 10.1 Å². The Morgan fingerprint density at radius 3 is 2.64 bits per heavy atom. The molecular weight excluding hydrogens is 140 g/mol. The first-order chi connectivity index (χ1) is 5.20. The molecule has 0 aliphatic carbocycles. The van der Waals surface area contributed by atoms with Crippen LogP contribution in [0.4, 0.5) is 0 Å². The molecule has 11 heavy (non-hydrogen) atoms. The zero-order valence-corrected chi connectivity index (χ0v) is 6.84. The smallest absolute Gasteiger partial charge is 0.229 e. The summed E-state index contributed by atoms with van der Waals surface area (Å²) < 4.78 is 2.01. The van der Waals surface area contributed by atoms with E-state index in [-0.39, 0.29) is 0 Å². The lowest BCUT2D eigenvalue weighted by molar-refractivity contribution is 0.972. The van der Waals surface area contributed by atoms with Gasteiger partial charge in [0, 0.05) is 5.69 Å². The maximum atomic E-state index is 4.28. The number of fused-ring (bicyclic) bond motifs is 1. The third-order valence-corrected chi connectivity index (χ3v) is 1.99. The first kappa shape index (κ1) is 6.39. The molecule has 4 heteroatoms. The van der Waals surface area contributed by atoms with Gasteiger partial charge in [-0.05, 0) is 20.8 Å². The van der Waals surface area contributed by atoms with E-state index in [4.69, 9.17) is 0 Å². The second kappa shape index (κ2) is 1.84. The van der Waals surface area contributed by atoms with Gasteiger partial charge in [-0.1, -0.05) is 0 Å². The van der Waals surface area contributed by atoms with Crippen LogP contribution in [0.1, 0.15) is 17.2 Å². The Hall–Kier alpha value is -1.32. The van der Waals surface area contributed by atoms with Crippen LogP contribution in [0.15, 0.2) is 0 Å². The van der Waals surface area contributed by atoms with E-state index in [9.17, 15) is 0 Å². The molecule has 0 radical (unpaired) electrons. The minimum atomic E-state index is 0.831. The van der Waals surface area contributed by atoms with Crippen LogP contribution < -0.4 is 0 Å². The molecule has 0 atom stereocenters. The molecule has 0 saturated carbocycles. The standard InChI is InChI=1S/C7H10N4/c1-4-5(2)11-6(3)9-10-7(11)8-4/h1-3H3,(H,8,10). The maximum absolute atomic E-state index is 4.28. The monoisotopic (exact) mass is 150 g/mol. The Morgan fingerprint density at radius 2 is 2.00 bits per heavy atom. The van der Waals surface area contributed by atoms with Gasteiger partial charge in [0.1, 0.15) is 5.82 Å². The van der Waals surface area contributed by atoms with Crippen molar-refractivity contribution in [1.82, 2.24) is 19.6 Å². The number of nitrogens with zero attached hydrogens (tertiary/aromatic N) is 3. The van der Waals surface area contributed by atoms with Crippen molar-refractivity contribution >= 4 is 5.78 Å². The zero-order chi connectivity index (χ0) is 8.01. The van der Waals surface area contributed by atoms with Gasteiger partial charge < -0.3 is 0 Å². The molecule has 0 amide bonds. The van der Waals surface area contributed by atoms with Crippen molar-refractivity contribution in [2.45, 2.75) is 20.8 Å². The molecule has 0 fully saturated rings. The minimum Gasteiger partial charge on any atom is -0.268 e.